The molecule has 1 fully saturated rings. The number of nitrogens with one attached hydrogen (secondary N) is 1. The van der Waals surface area contributed by atoms with Crippen LogP contribution >= 0.6 is 0 Å². The van der Waals surface area contributed by atoms with Crippen molar-refractivity contribution in [1.82, 2.24) is 4.90 Å². The van der Waals surface area contributed by atoms with Crippen LogP contribution in [0, 0.1) is 29.3 Å². The molecular formula is C16H21F3N2O. The number of halogens is 3. The first-order valence-electron chi connectivity index (χ1n) is 7.48. The van der Waals surface area contributed by atoms with Crippen LogP contribution in [0.5, 0.6) is 0 Å². The van der Waals surface area contributed by atoms with Gasteiger partial charge in [-0.1, -0.05) is 13.8 Å². The van der Waals surface area contributed by atoms with Crippen molar-refractivity contribution in [3.8, 4) is 0 Å². The summed E-state index contributed by atoms with van der Waals surface area (Å²) in [6.07, 6.45) is 1.11. The normalized spacial score (nSPS) is 24.1. The van der Waals surface area contributed by atoms with E-state index in [1.165, 1.54) is 0 Å². The Bertz CT molecular complexity index is 555. The van der Waals surface area contributed by atoms with Crippen LogP contribution in [0.4, 0.5) is 18.9 Å². The molecule has 1 aliphatic heterocycles. The van der Waals surface area contributed by atoms with Crippen molar-refractivity contribution >= 4 is 11.6 Å². The predicted octanol–water partition coefficient (Wildman–Crippen LogP) is 3.41. The highest BCUT2D eigenvalue weighted by Crippen LogP contribution is 2.24. The van der Waals surface area contributed by atoms with Gasteiger partial charge in [-0.05, 0) is 37.3 Å². The molecule has 2 rings (SSSR count). The summed E-state index contributed by atoms with van der Waals surface area (Å²) in [5.74, 6) is -3.68. The van der Waals surface area contributed by atoms with Gasteiger partial charge in [-0.2, -0.15) is 0 Å². The van der Waals surface area contributed by atoms with E-state index in [9.17, 15) is 18.0 Å². The molecule has 1 N–H and O–H groups in total. The molecule has 0 spiro atoms. The third-order valence-electron chi connectivity index (χ3n) is 4.12. The third kappa shape index (κ3) is 3.61. The lowest BCUT2D eigenvalue weighted by molar-refractivity contribution is -0.121. The zero-order valence-electron chi connectivity index (χ0n) is 13.0. The Balaban J connectivity index is 2.07. The first-order chi connectivity index (χ1) is 10.3. The van der Waals surface area contributed by atoms with Crippen LogP contribution in [-0.4, -0.2) is 29.9 Å². The molecule has 122 valence electrons. The molecule has 1 saturated heterocycles. The number of carbonyl (C=O) groups excluding carboxylic acids is 1. The molecule has 3 atom stereocenters. The molecule has 3 nitrogen and oxygen atoms in total. The number of rotatable bonds is 3. The van der Waals surface area contributed by atoms with Crippen LogP contribution in [0.1, 0.15) is 27.2 Å². The molecule has 1 aromatic rings. The Hall–Kier alpha value is -1.56. The molecule has 0 radical (unpaired) electrons. The second-order valence-corrected chi connectivity index (χ2v) is 6.29. The highest BCUT2D eigenvalue weighted by molar-refractivity contribution is 5.94. The Morgan fingerprint density at radius 2 is 1.77 bits per heavy atom. The van der Waals surface area contributed by atoms with Crippen LogP contribution < -0.4 is 5.32 Å². The monoisotopic (exact) mass is 314 g/mol. The maximum Gasteiger partial charge on any atom is 0.241 e. The average Bonchev–Trinajstić information content (AvgIpc) is 2.46. The smallest absolute Gasteiger partial charge is 0.241 e. The van der Waals surface area contributed by atoms with E-state index >= 15 is 0 Å². The van der Waals surface area contributed by atoms with Gasteiger partial charge in [0.2, 0.25) is 5.91 Å². The summed E-state index contributed by atoms with van der Waals surface area (Å²) >= 11 is 0. The molecule has 0 saturated carbocycles. The van der Waals surface area contributed by atoms with E-state index in [0.29, 0.717) is 11.8 Å². The maximum atomic E-state index is 13.6. The fourth-order valence-corrected chi connectivity index (χ4v) is 3.05. The van der Waals surface area contributed by atoms with Gasteiger partial charge >= 0.3 is 0 Å². The van der Waals surface area contributed by atoms with Gasteiger partial charge in [-0.3, -0.25) is 9.69 Å². The van der Waals surface area contributed by atoms with E-state index in [2.05, 4.69) is 19.2 Å². The predicted molar refractivity (Wildman–Crippen MR) is 78.9 cm³/mol. The lowest BCUT2D eigenvalue weighted by Gasteiger charge is -2.38. The van der Waals surface area contributed by atoms with Crippen molar-refractivity contribution in [3.63, 3.8) is 0 Å². The van der Waals surface area contributed by atoms with Crippen molar-refractivity contribution in [3.05, 3.63) is 29.6 Å². The van der Waals surface area contributed by atoms with E-state index in [1.807, 2.05) is 4.90 Å². The number of carbonyl (C=O) groups is 1. The summed E-state index contributed by atoms with van der Waals surface area (Å²) in [4.78, 5) is 14.3. The summed E-state index contributed by atoms with van der Waals surface area (Å²) < 4.78 is 39.7. The molecule has 0 unspecified atom stereocenters. The van der Waals surface area contributed by atoms with Crippen molar-refractivity contribution in [2.24, 2.45) is 11.8 Å². The minimum atomic E-state index is -1.58. The molecule has 0 aliphatic carbocycles. The van der Waals surface area contributed by atoms with Crippen LogP contribution in [-0.2, 0) is 4.79 Å². The van der Waals surface area contributed by atoms with Gasteiger partial charge in [0, 0.05) is 13.1 Å². The first-order valence-corrected chi connectivity index (χ1v) is 7.48. The number of benzene rings is 1. The summed E-state index contributed by atoms with van der Waals surface area (Å²) in [6.45, 7) is 7.57. The van der Waals surface area contributed by atoms with Crippen LogP contribution in [0.3, 0.4) is 0 Å². The van der Waals surface area contributed by atoms with E-state index in [-0.39, 0.29) is 5.69 Å². The summed E-state index contributed by atoms with van der Waals surface area (Å²) in [6, 6.07) is 1.36. The Morgan fingerprint density at radius 1 is 1.18 bits per heavy atom. The van der Waals surface area contributed by atoms with Gasteiger partial charge in [-0.25, -0.2) is 13.2 Å². The number of hydrogen-bond donors (Lipinski definition) is 1. The molecule has 22 heavy (non-hydrogen) atoms. The Morgan fingerprint density at radius 3 is 2.36 bits per heavy atom. The number of amides is 1. The van der Waals surface area contributed by atoms with E-state index in [4.69, 9.17) is 0 Å². The zero-order chi connectivity index (χ0) is 16.4. The first kappa shape index (κ1) is 16.8. The standard InChI is InChI=1S/C16H21F3N2O/c1-9-6-10(2)8-21(7-9)11(3)16(22)20-13-5-4-12(17)14(18)15(13)19/h4-5,9-11H,6-8H2,1-3H3,(H,20,22)/t9-,10-,11+/m1/s1. The van der Waals surface area contributed by atoms with Crippen LogP contribution in [0.2, 0.25) is 0 Å². The molecular weight excluding hydrogens is 293 g/mol. The lowest BCUT2D eigenvalue weighted by Crippen LogP contribution is -2.48. The second kappa shape index (κ2) is 6.69. The molecule has 1 amide bonds. The molecule has 0 bridgehead atoms. The summed E-state index contributed by atoms with van der Waals surface area (Å²) in [5.41, 5.74) is -0.339. The second-order valence-electron chi connectivity index (χ2n) is 6.29. The zero-order valence-corrected chi connectivity index (χ0v) is 13.0. The average molecular weight is 314 g/mol. The molecule has 0 aromatic heterocycles. The maximum absolute atomic E-state index is 13.6. The molecule has 1 heterocycles. The lowest BCUT2D eigenvalue weighted by atomic mass is 9.91. The van der Waals surface area contributed by atoms with Gasteiger partial charge in [0.1, 0.15) is 0 Å². The largest absolute Gasteiger partial charge is 0.322 e. The van der Waals surface area contributed by atoms with Crippen molar-refractivity contribution in [2.45, 2.75) is 33.2 Å². The fraction of sp³-hybridized carbons (Fsp3) is 0.562. The van der Waals surface area contributed by atoms with Crippen molar-refractivity contribution in [2.75, 3.05) is 18.4 Å². The number of anilines is 1. The van der Waals surface area contributed by atoms with Crippen molar-refractivity contribution in [1.29, 1.82) is 0 Å². The fourth-order valence-electron chi connectivity index (χ4n) is 3.05. The van der Waals surface area contributed by atoms with E-state index in [0.717, 1.165) is 31.6 Å². The van der Waals surface area contributed by atoms with E-state index in [1.54, 1.807) is 6.92 Å². The minimum Gasteiger partial charge on any atom is -0.322 e. The van der Waals surface area contributed by atoms with Gasteiger partial charge in [0.25, 0.3) is 0 Å². The summed E-state index contributed by atoms with van der Waals surface area (Å²) in [7, 11) is 0. The minimum absolute atomic E-state index is 0.339. The Kier molecular flexibility index (Phi) is 5.11. The van der Waals surface area contributed by atoms with Crippen molar-refractivity contribution < 1.29 is 18.0 Å². The highest BCUT2D eigenvalue weighted by atomic mass is 19.2. The SMILES string of the molecule is C[C@@H]1C[C@@H](C)CN([C@@H](C)C(=O)Nc2ccc(F)c(F)c2F)C1. The highest BCUT2D eigenvalue weighted by Gasteiger charge is 2.29. The molecule has 6 heteroatoms. The van der Waals surface area contributed by atoms with Gasteiger partial charge < -0.3 is 5.32 Å². The van der Waals surface area contributed by atoms with Gasteiger partial charge in [-0.15, -0.1) is 0 Å². The number of hydrogen-bond acceptors (Lipinski definition) is 2. The topological polar surface area (TPSA) is 32.3 Å². The van der Waals surface area contributed by atoms with Gasteiger partial charge in [0.05, 0.1) is 11.7 Å². The number of nitrogens with zero attached hydrogens (tertiary/aromatic N) is 1. The van der Waals surface area contributed by atoms with Crippen LogP contribution in [0.25, 0.3) is 0 Å². The number of piperidine rings is 1. The summed E-state index contributed by atoms with van der Waals surface area (Å²) in [5, 5.41) is 2.34. The number of likely N-dealkylation sites (tertiary alicyclic amines) is 1. The molecule has 1 aliphatic rings. The Labute approximate surface area is 128 Å². The molecule has 1 aromatic carbocycles. The quantitative estimate of drug-likeness (QED) is 0.867. The third-order valence-corrected chi connectivity index (χ3v) is 4.12. The van der Waals surface area contributed by atoms with Crippen LogP contribution in [0.15, 0.2) is 12.1 Å². The van der Waals surface area contributed by atoms with Gasteiger partial charge in [0.15, 0.2) is 17.5 Å². The van der Waals surface area contributed by atoms with E-state index < -0.39 is 29.4 Å².